The molecule has 28 nitrogen and oxygen atoms in total. The average Bonchev–Trinajstić information content (AvgIpc) is 1.04. The highest BCUT2D eigenvalue weighted by Crippen LogP contribution is 2.25. The van der Waals surface area contributed by atoms with E-state index in [-0.39, 0.29) is 106 Å². The molecule has 0 aliphatic carbocycles. The van der Waals surface area contributed by atoms with Gasteiger partial charge in [0.05, 0.1) is 31.2 Å². The Hall–Kier alpha value is -8.04. The minimum absolute atomic E-state index is 0.0204. The van der Waals surface area contributed by atoms with Crippen molar-refractivity contribution in [2.45, 2.75) is 259 Å². The third-order valence-electron chi connectivity index (χ3n) is 19.6. The largest absolute Gasteiger partial charge is 0.391 e. The Morgan fingerprint density at radius 2 is 0.981 bits per heavy atom. The maximum atomic E-state index is 15.5. The smallest absolute Gasteiger partial charge is 0.340 e. The monoisotopic (exact) mass is 1450 g/mol. The van der Waals surface area contributed by atoms with Gasteiger partial charge in [-0.3, -0.25) is 57.5 Å². The number of nitrogens with one attached hydrogen (secondary N) is 4. The molecule has 4 rings (SSSR count). The Labute approximate surface area is 611 Å². The fraction of sp³-hybridized carbons (Fsp3) is 0.733. The minimum atomic E-state index is -1.68. The summed E-state index contributed by atoms with van der Waals surface area (Å²) in [6.45, 7) is 23.4. The van der Waals surface area contributed by atoms with E-state index in [9.17, 15) is 33.9 Å². The van der Waals surface area contributed by atoms with Crippen LogP contribution in [0.25, 0.3) is 0 Å². The van der Waals surface area contributed by atoms with Crippen LogP contribution in [0.5, 0.6) is 0 Å². The van der Waals surface area contributed by atoms with Crippen molar-refractivity contribution >= 4 is 82.6 Å². The lowest BCUT2D eigenvalue weighted by atomic mass is 9.96. The number of oxime groups is 1. The molecule has 2 unspecified atom stereocenters. The van der Waals surface area contributed by atoms with Crippen LogP contribution >= 0.6 is 0 Å². The van der Waals surface area contributed by atoms with Gasteiger partial charge in [-0.15, -0.1) is 0 Å². The van der Waals surface area contributed by atoms with Crippen LogP contribution < -0.4 is 21.3 Å². The molecule has 578 valence electrons. The molecule has 3 aliphatic heterocycles. The zero-order chi connectivity index (χ0) is 77.4. The summed E-state index contributed by atoms with van der Waals surface area (Å²) in [6.07, 6.45) is 0.869. The fourth-order valence-corrected chi connectivity index (χ4v) is 13.4. The summed E-state index contributed by atoms with van der Waals surface area (Å²) in [4.78, 5) is 209. The number of carbonyl (C=O) groups excluding carboxylic acids is 13. The number of nitrogens with zero attached hydrogens (tertiary/aromatic N) is 9. The highest BCUT2D eigenvalue weighted by atomic mass is 16.7. The van der Waals surface area contributed by atoms with E-state index in [1.807, 2.05) is 76.2 Å². The van der Waals surface area contributed by atoms with Crippen molar-refractivity contribution in [3.63, 3.8) is 0 Å². The molecule has 0 radical (unpaired) electrons. The van der Waals surface area contributed by atoms with Gasteiger partial charge >= 0.3 is 5.97 Å². The van der Waals surface area contributed by atoms with Crippen LogP contribution in [0.1, 0.15) is 192 Å². The minimum Gasteiger partial charge on any atom is -0.391 e. The number of hydrogen-bond acceptors (Lipinski definition) is 16. The first-order chi connectivity index (χ1) is 48.3. The standard InChI is InChI=1S/C75H123N13O15/c1-20-22-33-88-44-63(91)82(15)57(37-46(5)6)67(94)78-55(72(99)87-34-27-24-28-35-87)43-62(90)81(14)56(21-2)66(93)77-54(36-45(3)4)71(98)86(19)61(40-49(11)12)74(101)84(17)59(41-51-29-25-23-26-30-51)68(95)76-53(32-31-52-42-64(92)103-80-52)70(97)85(18)60(39-48(9)10)73(100)83(16)58(38-47(7)8)69(96)79-65(50(13)89)75(88)102/h23,25-26,29-30,45-50,53-61,65,89H,20-22,24,27-28,31-44H2,1-19H3,(H,76,95)(H,77,93)(H,78,94)(H,79,96)/t50-,53?,54+,55+,56+,57+,58+,59+,60+,61+,65?/m1/s1. The quantitative estimate of drug-likeness (QED) is 0.107. The van der Waals surface area contributed by atoms with Gasteiger partial charge in [-0.05, 0) is 119 Å². The third kappa shape index (κ3) is 25.7. The molecule has 2 saturated heterocycles. The van der Waals surface area contributed by atoms with Crippen LogP contribution in [0.15, 0.2) is 35.5 Å². The van der Waals surface area contributed by atoms with Crippen molar-refractivity contribution in [3.05, 3.63) is 35.9 Å². The molecule has 103 heavy (non-hydrogen) atoms. The summed E-state index contributed by atoms with van der Waals surface area (Å²) >= 11 is 0. The van der Waals surface area contributed by atoms with Crippen LogP contribution in [0.4, 0.5) is 0 Å². The number of unbranched alkanes of at least 4 members (excludes halogenated alkanes) is 1. The predicted octanol–water partition coefficient (Wildman–Crippen LogP) is 4.28. The summed E-state index contributed by atoms with van der Waals surface area (Å²) in [7, 11) is 8.47. The first-order valence-corrected chi connectivity index (χ1v) is 37.2. The van der Waals surface area contributed by atoms with E-state index in [2.05, 4.69) is 26.4 Å². The number of likely N-dealkylation sites (N-methyl/N-ethyl adjacent to an activating group) is 6. The topological polar surface area (TPSA) is 338 Å². The van der Waals surface area contributed by atoms with Crippen LogP contribution in [0.3, 0.4) is 0 Å². The maximum Gasteiger partial charge on any atom is 0.340 e. The number of benzene rings is 1. The molecule has 1 aromatic rings. The van der Waals surface area contributed by atoms with Crippen LogP contribution in [0.2, 0.25) is 0 Å². The maximum absolute atomic E-state index is 15.5. The molecular formula is C75H123N13O15. The van der Waals surface area contributed by atoms with Gasteiger partial charge in [-0.2, -0.15) is 0 Å². The molecule has 28 heteroatoms. The Balaban J connectivity index is 2.01. The van der Waals surface area contributed by atoms with E-state index in [0.717, 1.165) is 6.42 Å². The van der Waals surface area contributed by atoms with Crippen molar-refractivity contribution in [2.24, 2.45) is 34.7 Å². The number of amides is 12. The molecule has 3 aliphatic rings. The summed E-state index contributed by atoms with van der Waals surface area (Å²) in [6, 6.07) is -4.73. The number of hydrogen-bond donors (Lipinski definition) is 5. The highest BCUT2D eigenvalue weighted by Gasteiger charge is 2.44. The zero-order valence-corrected chi connectivity index (χ0v) is 65.0. The molecule has 0 spiro atoms. The fourth-order valence-electron chi connectivity index (χ4n) is 13.4. The second kappa shape index (κ2) is 41.5. The normalized spacial score (nSPS) is 25.4. The lowest BCUT2D eigenvalue weighted by Crippen LogP contribution is -2.62. The van der Waals surface area contributed by atoms with Gasteiger partial charge in [0.1, 0.15) is 60.4 Å². The SMILES string of the molecule is CCCCN1CC(=O)N(C)[C@@H](CC(C)C)C(=O)N[C@H](C(=O)N2CCCCC2)CC(=O)N(C)[C@@H](CC)C(=O)N[C@@H](CC(C)C)C(=O)N(C)[C@@H](CC(C)C)C(=O)N(C)[C@@H](Cc2ccccc2)C(=O)NC(CCC2=NOC(=O)C2)C(=O)N(C)[C@@H](CC(C)C)C(=O)N(C)[C@@H](CC(C)C)C(=O)NC([C@@H](C)O)C1=O. The molecular weight excluding hydrogens is 1320 g/mol. The van der Waals surface area contributed by atoms with Crippen molar-refractivity contribution < 1.29 is 72.3 Å². The van der Waals surface area contributed by atoms with Crippen LogP contribution in [-0.4, -0.2) is 262 Å². The average molecular weight is 1450 g/mol. The second-order valence-electron chi connectivity index (χ2n) is 30.6. The summed E-state index contributed by atoms with van der Waals surface area (Å²) in [5.41, 5.74) is 0.911. The van der Waals surface area contributed by atoms with Gasteiger partial charge in [0.15, 0.2) is 0 Å². The van der Waals surface area contributed by atoms with E-state index in [1.54, 1.807) is 42.2 Å². The zero-order valence-electron chi connectivity index (χ0n) is 65.0. The first-order valence-electron chi connectivity index (χ1n) is 37.2. The molecule has 2 fully saturated rings. The molecule has 0 aromatic heterocycles. The number of piperidine rings is 1. The summed E-state index contributed by atoms with van der Waals surface area (Å²) < 4.78 is 0. The van der Waals surface area contributed by atoms with Gasteiger partial charge < -0.3 is 70.4 Å². The highest BCUT2D eigenvalue weighted by molar-refractivity contribution is 6.03. The molecule has 0 saturated carbocycles. The summed E-state index contributed by atoms with van der Waals surface area (Å²) in [5, 5.41) is 26.7. The van der Waals surface area contributed by atoms with E-state index in [1.165, 1.54) is 83.5 Å². The van der Waals surface area contributed by atoms with Gasteiger partial charge in [0.25, 0.3) is 0 Å². The third-order valence-corrected chi connectivity index (χ3v) is 19.6. The number of likely N-dealkylation sites (tertiary alicyclic amines) is 1. The molecule has 12 amide bonds. The van der Waals surface area contributed by atoms with Gasteiger partial charge in [-0.1, -0.05) is 125 Å². The van der Waals surface area contributed by atoms with Gasteiger partial charge in [0.2, 0.25) is 70.9 Å². The lowest BCUT2D eigenvalue weighted by Gasteiger charge is -2.38. The number of aliphatic hydroxyl groups excluding tert-OH is 1. The number of aliphatic hydroxyl groups is 1. The molecule has 0 bridgehead atoms. The Bertz CT molecular complexity index is 3100. The van der Waals surface area contributed by atoms with Gasteiger partial charge in [-0.25, -0.2) is 4.79 Å². The molecule has 11 atom stereocenters. The van der Waals surface area contributed by atoms with Crippen molar-refractivity contribution in [3.8, 4) is 0 Å². The van der Waals surface area contributed by atoms with E-state index in [0.29, 0.717) is 44.3 Å². The number of rotatable bonds is 21. The summed E-state index contributed by atoms with van der Waals surface area (Å²) in [5.74, 6) is -10.4. The lowest BCUT2D eigenvalue weighted by molar-refractivity contribution is -0.152. The molecule has 1 aromatic carbocycles. The van der Waals surface area contributed by atoms with E-state index in [4.69, 9.17) is 4.84 Å². The van der Waals surface area contributed by atoms with E-state index < -0.39 is 156 Å². The predicted molar refractivity (Wildman–Crippen MR) is 390 cm³/mol. The van der Waals surface area contributed by atoms with Crippen molar-refractivity contribution in [1.29, 1.82) is 0 Å². The Morgan fingerprint density at radius 1 is 0.524 bits per heavy atom. The van der Waals surface area contributed by atoms with Crippen molar-refractivity contribution in [2.75, 3.05) is 68.5 Å². The van der Waals surface area contributed by atoms with Gasteiger partial charge in [0, 0.05) is 68.3 Å². The Kier molecular flexibility index (Phi) is 35.2. The van der Waals surface area contributed by atoms with Crippen molar-refractivity contribution in [1.82, 2.24) is 60.5 Å². The van der Waals surface area contributed by atoms with Crippen LogP contribution in [-0.2, 0) is 73.6 Å². The first kappa shape index (κ1) is 87.4. The second-order valence-corrected chi connectivity index (χ2v) is 30.6. The Morgan fingerprint density at radius 3 is 1.48 bits per heavy atom. The molecule has 5 N–H and O–H groups in total. The molecule has 3 heterocycles. The van der Waals surface area contributed by atoms with E-state index >= 15 is 33.6 Å². The number of carbonyl (C=O) groups is 13. The van der Waals surface area contributed by atoms with Crippen LogP contribution in [0, 0.1) is 29.6 Å².